The van der Waals surface area contributed by atoms with Gasteiger partial charge in [-0.3, -0.25) is 0 Å². The molecule has 4 N–H and O–H groups in total. The Hall–Kier alpha value is -3.43. The first-order valence-electron chi connectivity index (χ1n) is 15.4. The van der Waals surface area contributed by atoms with Crippen LogP contribution in [0.25, 0.3) is 0 Å². The van der Waals surface area contributed by atoms with Gasteiger partial charge < -0.3 is 40.0 Å². The minimum absolute atomic E-state index is 0.0329. The van der Waals surface area contributed by atoms with E-state index in [4.69, 9.17) is 18.9 Å². The van der Waals surface area contributed by atoms with Gasteiger partial charge in [0.05, 0.1) is 37.2 Å². The van der Waals surface area contributed by atoms with Gasteiger partial charge in [-0.2, -0.15) is 4.31 Å². The predicted octanol–water partition coefficient (Wildman–Crippen LogP) is 2.97. The van der Waals surface area contributed by atoms with Crippen LogP contribution in [0.4, 0.5) is 9.59 Å². The van der Waals surface area contributed by atoms with Gasteiger partial charge in [0.1, 0.15) is 18.0 Å². The highest BCUT2D eigenvalue weighted by Crippen LogP contribution is 2.35. The van der Waals surface area contributed by atoms with E-state index >= 15 is 0 Å². The fraction of sp³-hybridized carbons (Fsp3) is 0.562. The number of amides is 3. The number of aliphatic hydroxyl groups excluding tert-OH is 1. The molecule has 0 spiro atoms. The minimum atomic E-state index is -4.33. The molecule has 2 aromatic rings. The van der Waals surface area contributed by atoms with Gasteiger partial charge in [-0.05, 0) is 60.9 Å². The van der Waals surface area contributed by atoms with Crippen LogP contribution < -0.4 is 20.7 Å². The third-order valence-corrected chi connectivity index (χ3v) is 10.1. The zero-order valence-corrected chi connectivity index (χ0v) is 27.8. The van der Waals surface area contributed by atoms with Crippen molar-refractivity contribution in [3.05, 3.63) is 59.7 Å². The molecule has 2 fully saturated rings. The van der Waals surface area contributed by atoms with Crippen LogP contribution in [0, 0.1) is 11.3 Å². The summed E-state index contributed by atoms with van der Waals surface area (Å²) in [6.07, 6.45) is -2.78. The molecular formula is C32H46N4O9S. The molecule has 14 heteroatoms. The van der Waals surface area contributed by atoms with E-state index in [1.165, 1.54) is 20.1 Å². The number of methoxy groups -OCH3 is 1. The average molecular weight is 663 g/mol. The lowest BCUT2D eigenvalue weighted by atomic mass is 9.82. The van der Waals surface area contributed by atoms with Gasteiger partial charge in [0.25, 0.3) is 0 Å². The Morgan fingerprint density at radius 1 is 1.15 bits per heavy atom. The topological polar surface area (TPSA) is 165 Å². The van der Waals surface area contributed by atoms with E-state index < -0.39 is 40.8 Å². The number of nitrogens with zero attached hydrogens (tertiary/aromatic N) is 1. The molecule has 0 bridgehead atoms. The normalized spacial score (nSPS) is 20.9. The Bertz CT molecular complexity index is 1440. The lowest BCUT2D eigenvalue weighted by Crippen LogP contribution is -2.56. The molecule has 0 saturated carbocycles. The summed E-state index contributed by atoms with van der Waals surface area (Å²) in [6.45, 7) is 6.42. The third-order valence-electron chi connectivity index (χ3n) is 8.30. The van der Waals surface area contributed by atoms with Crippen LogP contribution in [0.1, 0.15) is 44.7 Å². The molecule has 46 heavy (non-hydrogen) atoms. The van der Waals surface area contributed by atoms with Crippen LogP contribution in [0.5, 0.6) is 5.75 Å². The summed E-state index contributed by atoms with van der Waals surface area (Å²) in [5, 5.41) is 18.8. The van der Waals surface area contributed by atoms with Gasteiger partial charge in [-0.1, -0.05) is 44.2 Å². The standard InChI is InChI=1S/C32H46N4O9S/c1-21(37)28(35-31(39)45-27-20-44-29-25(27)13-16-43-29)36(19-22-9-7-6-8-10-22)46(40,41)24-11-12-26(42-5)23(17-24)18-32(2,3)14-15-34-30(38)33-4/h6-12,17,21,25,27-29,37H,13-16,18-20H2,1-5H3,(H,35,39)(H2,33,34,38)/t21-,25-,27-,28+,29+/m1/s1. The van der Waals surface area contributed by atoms with Crippen molar-refractivity contribution in [3.8, 4) is 5.75 Å². The van der Waals surface area contributed by atoms with Crippen molar-refractivity contribution in [2.75, 3.05) is 33.9 Å². The van der Waals surface area contributed by atoms with Gasteiger partial charge in [-0.25, -0.2) is 18.0 Å². The van der Waals surface area contributed by atoms with Crippen LogP contribution in [0.2, 0.25) is 0 Å². The maximum absolute atomic E-state index is 14.4. The van der Waals surface area contributed by atoms with E-state index in [1.807, 2.05) is 19.9 Å². The van der Waals surface area contributed by atoms with E-state index in [0.717, 1.165) is 4.31 Å². The van der Waals surface area contributed by atoms with Crippen molar-refractivity contribution in [2.45, 2.75) is 76.1 Å². The molecule has 2 saturated heterocycles. The Balaban J connectivity index is 1.62. The number of urea groups is 1. The third kappa shape index (κ3) is 8.88. The van der Waals surface area contributed by atoms with Crippen LogP contribution in [-0.2, 0) is 37.2 Å². The van der Waals surface area contributed by atoms with Gasteiger partial charge in [-0.15, -0.1) is 0 Å². The highest BCUT2D eigenvalue weighted by Gasteiger charge is 2.44. The Morgan fingerprint density at radius 2 is 1.89 bits per heavy atom. The molecule has 2 heterocycles. The van der Waals surface area contributed by atoms with Gasteiger partial charge >= 0.3 is 12.1 Å². The number of hydrogen-bond donors (Lipinski definition) is 4. The van der Waals surface area contributed by atoms with Crippen molar-refractivity contribution in [2.24, 2.45) is 11.3 Å². The van der Waals surface area contributed by atoms with Crippen molar-refractivity contribution in [1.29, 1.82) is 0 Å². The fourth-order valence-electron chi connectivity index (χ4n) is 5.76. The first kappa shape index (κ1) is 35.4. The summed E-state index contributed by atoms with van der Waals surface area (Å²) >= 11 is 0. The van der Waals surface area contributed by atoms with Crippen molar-refractivity contribution < 1.29 is 42.1 Å². The molecular weight excluding hydrogens is 616 g/mol. The molecule has 0 unspecified atom stereocenters. The largest absolute Gasteiger partial charge is 0.496 e. The molecule has 0 aromatic heterocycles. The van der Waals surface area contributed by atoms with Crippen molar-refractivity contribution in [1.82, 2.24) is 20.3 Å². The number of carbonyl (C=O) groups excluding carboxylic acids is 2. The highest BCUT2D eigenvalue weighted by atomic mass is 32.2. The average Bonchev–Trinajstić information content (AvgIpc) is 3.64. The molecule has 13 nitrogen and oxygen atoms in total. The van der Waals surface area contributed by atoms with Gasteiger partial charge in [0.15, 0.2) is 6.29 Å². The first-order valence-corrected chi connectivity index (χ1v) is 16.9. The maximum atomic E-state index is 14.4. The van der Waals surface area contributed by atoms with Crippen LogP contribution in [0.15, 0.2) is 53.4 Å². The molecule has 254 valence electrons. The summed E-state index contributed by atoms with van der Waals surface area (Å²) in [5.41, 5.74) is 0.977. The molecule has 2 aliphatic heterocycles. The first-order chi connectivity index (χ1) is 21.8. The number of rotatable bonds is 14. The number of alkyl carbamates (subject to hydrolysis) is 1. The summed E-state index contributed by atoms with van der Waals surface area (Å²) in [4.78, 5) is 24.8. The molecule has 4 rings (SSSR count). The predicted molar refractivity (Wildman–Crippen MR) is 169 cm³/mol. The Labute approximate surface area is 271 Å². The van der Waals surface area contributed by atoms with Gasteiger partial charge in [0.2, 0.25) is 10.0 Å². The number of aliphatic hydroxyl groups is 1. The molecule has 0 aliphatic carbocycles. The molecule has 2 aromatic carbocycles. The number of nitrogens with one attached hydrogen (secondary N) is 3. The molecule has 3 amide bonds. The molecule has 2 aliphatic rings. The van der Waals surface area contributed by atoms with Gasteiger partial charge in [0, 0.05) is 20.1 Å². The fourth-order valence-corrected chi connectivity index (χ4v) is 7.41. The second-order valence-corrected chi connectivity index (χ2v) is 14.3. The van der Waals surface area contributed by atoms with Crippen molar-refractivity contribution >= 4 is 22.1 Å². The van der Waals surface area contributed by atoms with Crippen LogP contribution in [0.3, 0.4) is 0 Å². The Morgan fingerprint density at radius 3 is 2.57 bits per heavy atom. The summed E-state index contributed by atoms with van der Waals surface area (Å²) < 4.78 is 52.3. The highest BCUT2D eigenvalue weighted by molar-refractivity contribution is 7.89. The summed E-state index contributed by atoms with van der Waals surface area (Å²) in [5.74, 6) is 0.407. The lowest BCUT2D eigenvalue weighted by Gasteiger charge is -2.34. The number of sulfonamides is 1. The second-order valence-electron chi connectivity index (χ2n) is 12.4. The molecule has 0 radical (unpaired) electrons. The van der Waals surface area contributed by atoms with Crippen LogP contribution in [-0.4, -0.2) is 88.5 Å². The second kappa shape index (κ2) is 15.4. The minimum Gasteiger partial charge on any atom is -0.496 e. The summed E-state index contributed by atoms with van der Waals surface area (Å²) in [7, 11) is -1.27. The van der Waals surface area contributed by atoms with E-state index in [0.29, 0.717) is 49.3 Å². The van der Waals surface area contributed by atoms with Crippen molar-refractivity contribution in [3.63, 3.8) is 0 Å². The van der Waals surface area contributed by atoms with E-state index in [1.54, 1.807) is 43.4 Å². The number of carbonyl (C=O) groups is 2. The number of benzene rings is 2. The molecule has 5 atom stereocenters. The smallest absolute Gasteiger partial charge is 0.408 e. The number of ether oxygens (including phenoxy) is 4. The number of hydrogen-bond acceptors (Lipinski definition) is 9. The van der Waals surface area contributed by atoms with E-state index in [2.05, 4.69) is 16.0 Å². The SMILES string of the molecule is CNC(=O)NCCC(C)(C)Cc1cc(S(=O)(=O)N(Cc2ccccc2)[C@H](NC(=O)O[C@@H]2CO[C@@H]3OCC[C@@H]32)[C@@H](C)O)ccc1OC. The monoisotopic (exact) mass is 662 g/mol. The van der Waals surface area contributed by atoms with Crippen LogP contribution >= 0.6 is 0 Å². The Kier molecular flexibility index (Phi) is 11.9. The van der Waals surface area contributed by atoms with E-state index in [-0.39, 0.29) is 35.4 Å². The maximum Gasteiger partial charge on any atom is 0.408 e. The van der Waals surface area contributed by atoms with E-state index in [9.17, 15) is 23.1 Å². The summed E-state index contributed by atoms with van der Waals surface area (Å²) in [6, 6.07) is 13.2. The number of fused-ring (bicyclic) bond motifs is 1. The zero-order valence-electron chi connectivity index (χ0n) is 27.0. The quantitative estimate of drug-likeness (QED) is 0.223. The lowest BCUT2D eigenvalue weighted by molar-refractivity contribution is -0.0907. The zero-order chi connectivity index (χ0) is 33.5.